The van der Waals surface area contributed by atoms with E-state index >= 15 is 0 Å². The summed E-state index contributed by atoms with van der Waals surface area (Å²) >= 11 is 12.1. The fourth-order valence-corrected chi connectivity index (χ4v) is 3.67. The average molecular weight is 372 g/mol. The second-order valence-corrected chi connectivity index (χ2v) is 7.03. The Hall–Kier alpha value is -2.02. The highest BCUT2D eigenvalue weighted by atomic mass is 35.5. The number of nitrogens with one attached hydrogen (secondary N) is 1. The number of aromatic nitrogens is 2. The van der Waals surface area contributed by atoms with Crippen LogP contribution in [0.3, 0.4) is 0 Å². The maximum absolute atomic E-state index is 7.40. The third-order valence-electron chi connectivity index (χ3n) is 4.28. The quantitative estimate of drug-likeness (QED) is 0.360. The van der Waals surface area contributed by atoms with Crippen LogP contribution in [0.5, 0.6) is 0 Å². The van der Waals surface area contributed by atoms with Gasteiger partial charge in [0.1, 0.15) is 0 Å². The molecule has 1 aromatic carbocycles. The van der Waals surface area contributed by atoms with Gasteiger partial charge in [-0.05, 0) is 61.6 Å². The van der Waals surface area contributed by atoms with Crippen LogP contribution in [-0.4, -0.2) is 9.97 Å². The van der Waals surface area contributed by atoms with E-state index in [2.05, 4.69) is 14.8 Å². The van der Waals surface area contributed by atoms with E-state index in [1.54, 1.807) is 12.3 Å². The SMILES string of the molecule is [C-]#[N+]c1c(CCCCCCc2cc(Cl)cc(Cl)c2)[nH]c2cccnc12. The number of hydrogen-bond acceptors (Lipinski definition) is 1. The highest BCUT2D eigenvalue weighted by Crippen LogP contribution is 2.29. The predicted octanol–water partition coefficient (Wildman–Crippen LogP) is 6.77. The molecule has 5 heteroatoms. The van der Waals surface area contributed by atoms with Gasteiger partial charge in [0, 0.05) is 21.9 Å². The summed E-state index contributed by atoms with van der Waals surface area (Å²) in [5, 5.41) is 1.39. The first-order chi connectivity index (χ1) is 12.2. The number of H-pyrrole nitrogens is 1. The second kappa shape index (κ2) is 8.38. The number of unbranched alkanes of at least 4 members (excludes halogenated alkanes) is 3. The van der Waals surface area contributed by atoms with Crippen LogP contribution in [0.1, 0.15) is 36.9 Å². The molecular weight excluding hydrogens is 353 g/mol. The highest BCUT2D eigenvalue weighted by Gasteiger charge is 2.11. The number of rotatable bonds is 7. The third-order valence-corrected chi connectivity index (χ3v) is 4.72. The number of halogens is 2. The summed E-state index contributed by atoms with van der Waals surface area (Å²) < 4.78 is 0. The summed E-state index contributed by atoms with van der Waals surface area (Å²) in [6.45, 7) is 7.40. The number of aromatic amines is 1. The van der Waals surface area contributed by atoms with E-state index in [0.717, 1.165) is 55.3 Å². The molecule has 0 atom stereocenters. The minimum absolute atomic E-state index is 0.671. The van der Waals surface area contributed by atoms with Crippen LogP contribution >= 0.6 is 23.2 Å². The van der Waals surface area contributed by atoms with Crippen LogP contribution in [0.4, 0.5) is 5.69 Å². The van der Waals surface area contributed by atoms with Crippen LogP contribution in [0, 0.1) is 6.57 Å². The van der Waals surface area contributed by atoms with Crippen molar-refractivity contribution in [2.45, 2.75) is 38.5 Å². The Bertz CT molecular complexity index is 889. The number of pyridine rings is 1. The number of nitrogens with zero attached hydrogens (tertiary/aromatic N) is 2. The molecule has 0 spiro atoms. The summed E-state index contributed by atoms with van der Waals surface area (Å²) in [6.07, 6.45) is 8.06. The molecule has 3 nitrogen and oxygen atoms in total. The van der Waals surface area contributed by atoms with Crippen molar-refractivity contribution in [1.29, 1.82) is 0 Å². The van der Waals surface area contributed by atoms with Crippen LogP contribution in [0.25, 0.3) is 15.9 Å². The molecule has 3 aromatic rings. The van der Waals surface area contributed by atoms with Crippen molar-refractivity contribution in [3.8, 4) is 0 Å². The van der Waals surface area contributed by atoms with Crippen LogP contribution < -0.4 is 0 Å². The Balaban J connectivity index is 1.47. The van der Waals surface area contributed by atoms with E-state index in [9.17, 15) is 0 Å². The summed E-state index contributed by atoms with van der Waals surface area (Å²) in [5.41, 5.74) is 4.59. The predicted molar refractivity (Wildman–Crippen MR) is 105 cm³/mol. The minimum atomic E-state index is 0.671. The molecule has 0 saturated heterocycles. The molecule has 0 aliphatic rings. The molecule has 0 aliphatic heterocycles. The molecule has 128 valence electrons. The van der Waals surface area contributed by atoms with Gasteiger partial charge < -0.3 is 4.98 Å². The molecule has 0 saturated carbocycles. The molecule has 0 unspecified atom stereocenters. The lowest BCUT2D eigenvalue weighted by molar-refractivity contribution is 0.638. The van der Waals surface area contributed by atoms with Gasteiger partial charge in [0.25, 0.3) is 0 Å². The summed E-state index contributed by atoms with van der Waals surface area (Å²) in [5.74, 6) is 0. The van der Waals surface area contributed by atoms with Gasteiger partial charge in [-0.15, -0.1) is 0 Å². The van der Waals surface area contributed by atoms with Crippen LogP contribution in [-0.2, 0) is 12.8 Å². The monoisotopic (exact) mass is 371 g/mol. The van der Waals surface area contributed by atoms with Crippen molar-refractivity contribution < 1.29 is 0 Å². The van der Waals surface area contributed by atoms with Crippen LogP contribution in [0.2, 0.25) is 10.0 Å². The summed E-state index contributed by atoms with van der Waals surface area (Å²) in [7, 11) is 0. The van der Waals surface area contributed by atoms with E-state index in [1.165, 1.54) is 5.56 Å². The van der Waals surface area contributed by atoms with Crippen LogP contribution in [0.15, 0.2) is 36.5 Å². The molecular formula is C20H19Cl2N3. The van der Waals surface area contributed by atoms with Crippen molar-refractivity contribution in [3.63, 3.8) is 0 Å². The van der Waals surface area contributed by atoms with Crippen molar-refractivity contribution in [2.75, 3.05) is 0 Å². The lowest BCUT2D eigenvalue weighted by Crippen LogP contribution is -1.89. The fraction of sp³-hybridized carbons (Fsp3) is 0.300. The third kappa shape index (κ3) is 4.54. The van der Waals surface area contributed by atoms with Gasteiger partial charge in [-0.1, -0.05) is 36.0 Å². The maximum atomic E-state index is 7.40. The normalized spacial score (nSPS) is 10.9. The Morgan fingerprint density at radius 2 is 1.72 bits per heavy atom. The fourth-order valence-electron chi connectivity index (χ4n) is 3.10. The van der Waals surface area contributed by atoms with E-state index in [4.69, 9.17) is 29.8 Å². The van der Waals surface area contributed by atoms with E-state index in [1.807, 2.05) is 24.3 Å². The van der Waals surface area contributed by atoms with Gasteiger partial charge in [-0.25, -0.2) is 4.85 Å². The summed E-state index contributed by atoms with van der Waals surface area (Å²) in [6, 6.07) is 9.58. The second-order valence-electron chi connectivity index (χ2n) is 6.16. The molecule has 2 heterocycles. The minimum Gasteiger partial charge on any atom is -0.368 e. The molecule has 0 bridgehead atoms. The first kappa shape index (κ1) is 17.8. The standard InChI is InChI=1S/C20H19Cl2N3/c1-23-19-17(25-18-9-6-10-24-20(18)19)8-5-3-2-4-7-14-11-15(21)13-16(22)12-14/h6,9-13,25H,2-5,7-8H2. The van der Waals surface area contributed by atoms with E-state index in [0.29, 0.717) is 15.7 Å². The molecule has 1 N–H and O–H groups in total. The van der Waals surface area contributed by atoms with Crippen molar-refractivity contribution in [3.05, 3.63) is 69.2 Å². The number of aryl methyl sites for hydroxylation is 2. The lowest BCUT2D eigenvalue weighted by Gasteiger charge is -2.04. The number of fused-ring (bicyclic) bond motifs is 1. The molecule has 25 heavy (non-hydrogen) atoms. The van der Waals surface area contributed by atoms with E-state index in [-0.39, 0.29) is 0 Å². The smallest absolute Gasteiger partial charge is 0.232 e. The Morgan fingerprint density at radius 1 is 1.00 bits per heavy atom. The zero-order valence-corrected chi connectivity index (χ0v) is 15.4. The first-order valence-corrected chi connectivity index (χ1v) is 9.21. The molecule has 3 rings (SSSR count). The summed E-state index contributed by atoms with van der Waals surface area (Å²) in [4.78, 5) is 11.3. The molecule has 0 fully saturated rings. The van der Waals surface area contributed by atoms with Gasteiger partial charge in [0.15, 0.2) is 0 Å². The zero-order valence-electron chi connectivity index (χ0n) is 13.9. The molecule has 0 radical (unpaired) electrons. The van der Waals surface area contributed by atoms with Gasteiger partial charge in [0.2, 0.25) is 5.69 Å². The average Bonchev–Trinajstić information content (AvgIpc) is 2.94. The van der Waals surface area contributed by atoms with Gasteiger partial charge in [0.05, 0.1) is 17.6 Å². The Morgan fingerprint density at radius 3 is 2.44 bits per heavy atom. The highest BCUT2D eigenvalue weighted by molar-refractivity contribution is 6.34. The van der Waals surface area contributed by atoms with Crippen molar-refractivity contribution >= 4 is 39.9 Å². The number of hydrogen-bond donors (Lipinski definition) is 1. The van der Waals surface area contributed by atoms with Gasteiger partial charge in [-0.2, -0.15) is 0 Å². The van der Waals surface area contributed by atoms with Gasteiger partial charge >= 0.3 is 0 Å². The van der Waals surface area contributed by atoms with Crippen molar-refractivity contribution in [1.82, 2.24) is 9.97 Å². The Kier molecular flexibility index (Phi) is 5.96. The molecule has 0 amide bonds. The lowest BCUT2D eigenvalue weighted by atomic mass is 10.0. The van der Waals surface area contributed by atoms with Gasteiger partial charge in [-0.3, -0.25) is 4.98 Å². The maximum Gasteiger partial charge on any atom is 0.232 e. The molecule has 2 aromatic heterocycles. The van der Waals surface area contributed by atoms with E-state index < -0.39 is 0 Å². The first-order valence-electron chi connectivity index (χ1n) is 8.45. The Labute approximate surface area is 157 Å². The largest absolute Gasteiger partial charge is 0.368 e. The van der Waals surface area contributed by atoms with Crippen molar-refractivity contribution in [2.24, 2.45) is 0 Å². The zero-order chi connectivity index (χ0) is 17.6. The number of benzene rings is 1. The topological polar surface area (TPSA) is 33.0 Å². The molecule has 0 aliphatic carbocycles.